The van der Waals surface area contributed by atoms with Gasteiger partial charge in [-0.05, 0) is 0 Å². The average molecular weight is 234 g/mol. The molecule has 12 heavy (non-hydrogen) atoms. The Morgan fingerprint density at radius 1 is 0.667 bits per heavy atom. The van der Waals surface area contributed by atoms with Crippen LogP contribution in [0.1, 0.15) is 0 Å². The molecule has 0 aliphatic carbocycles. The van der Waals surface area contributed by atoms with Crippen LogP contribution in [0.5, 0.6) is 0 Å². The Kier molecular flexibility index (Phi) is 4.51. The molecule has 2 nitrogen and oxygen atoms in total. The standard InChI is InChI=1S/C2F6O2S2/c3-1(4,5)11-9-10-12-2(6,7)8. The van der Waals surface area contributed by atoms with Gasteiger partial charge in [0.2, 0.25) is 0 Å². The van der Waals surface area contributed by atoms with Gasteiger partial charge in [-0.1, -0.05) is 0 Å². The largest absolute Gasteiger partial charge is 0.471 e. The SMILES string of the molecule is FC(F)(F)SOOSC(F)(F)F. The van der Waals surface area contributed by atoms with Gasteiger partial charge in [0, 0.05) is 0 Å². The third-order valence-electron chi connectivity index (χ3n) is 0.285. The van der Waals surface area contributed by atoms with Gasteiger partial charge in [0.05, 0.1) is 0 Å². The van der Waals surface area contributed by atoms with Crippen LogP contribution in [0.4, 0.5) is 26.3 Å². The summed E-state index contributed by atoms with van der Waals surface area (Å²) in [5.74, 6) is 0. The van der Waals surface area contributed by atoms with Gasteiger partial charge in [-0.25, -0.2) is 0 Å². The van der Waals surface area contributed by atoms with Crippen molar-refractivity contribution >= 4 is 24.1 Å². The summed E-state index contributed by atoms with van der Waals surface area (Å²) in [7, 11) is 0. The van der Waals surface area contributed by atoms with Crippen LogP contribution in [0.2, 0.25) is 0 Å². The van der Waals surface area contributed by atoms with Crippen LogP contribution in [-0.4, -0.2) is 11.0 Å². The van der Waals surface area contributed by atoms with Crippen LogP contribution in [0.25, 0.3) is 0 Å². The fourth-order valence-corrected chi connectivity index (χ4v) is 0.481. The molecule has 0 aromatic carbocycles. The van der Waals surface area contributed by atoms with Crippen molar-refractivity contribution in [1.29, 1.82) is 0 Å². The third kappa shape index (κ3) is 10.2. The zero-order valence-corrected chi connectivity index (χ0v) is 6.53. The normalized spacial score (nSPS) is 13.5. The van der Waals surface area contributed by atoms with E-state index in [0.717, 1.165) is 0 Å². The van der Waals surface area contributed by atoms with E-state index in [1.807, 2.05) is 0 Å². The first-order valence-corrected chi connectivity index (χ1v) is 3.53. The highest BCUT2D eigenvalue weighted by Gasteiger charge is 2.34. The molecule has 0 amide bonds. The summed E-state index contributed by atoms with van der Waals surface area (Å²) in [4.78, 5) is 0. The minimum absolute atomic E-state index is 1.17. The van der Waals surface area contributed by atoms with Crippen molar-refractivity contribution in [3.63, 3.8) is 0 Å². The number of alkyl halides is 6. The first kappa shape index (κ1) is 12.2. The molecule has 0 atom stereocenters. The molecule has 0 saturated heterocycles. The quantitative estimate of drug-likeness (QED) is 0.245. The minimum atomic E-state index is -4.79. The monoisotopic (exact) mass is 234 g/mol. The van der Waals surface area contributed by atoms with Crippen molar-refractivity contribution in [2.24, 2.45) is 0 Å². The van der Waals surface area contributed by atoms with Crippen molar-refractivity contribution in [2.45, 2.75) is 11.0 Å². The second kappa shape index (κ2) is 4.44. The van der Waals surface area contributed by atoms with Crippen LogP contribution < -0.4 is 0 Å². The van der Waals surface area contributed by atoms with Crippen molar-refractivity contribution in [2.75, 3.05) is 0 Å². The summed E-state index contributed by atoms with van der Waals surface area (Å²) in [6, 6.07) is 0. The van der Waals surface area contributed by atoms with Crippen LogP contribution >= 0.6 is 24.1 Å². The molecule has 10 heteroatoms. The Hall–Kier alpha value is 0.200. The lowest BCUT2D eigenvalue weighted by atomic mass is 11.6. The van der Waals surface area contributed by atoms with Crippen LogP contribution in [-0.2, 0) is 8.67 Å². The molecule has 74 valence electrons. The lowest BCUT2D eigenvalue weighted by molar-refractivity contribution is -0.111. The molecule has 0 radical (unpaired) electrons. The zero-order chi connectivity index (χ0) is 9.83. The Labute approximate surface area is 70.9 Å². The van der Waals surface area contributed by atoms with Gasteiger partial charge >= 0.3 is 11.0 Å². The Bertz CT molecular complexity index is 114. The van der Waals surface area contributed by atoms with E-state index in [1.165, 1.54) is 0 Å². The predicted octanol–water partition coefficient (Wildman–Crippen LogP) is 3.27. The molecular weight excluding hydrogens is 234 g/mol. The second-order valence-electron chi connectivity index (χ2n) is 1.19. The molecule has 0 saturated carbocycles. The highest BCUT2D eigenvalue weighted by molar-refractivity contribution is 7.97. The summed E-state index contributed by atoms with van der Waals surface area (Å²) in [5.41, 5.74) is -9.57. The van der Waals surface area contributed by atoms with E-state index in [4.69, 9.17) is 0 Å². The van der Waals surface area contributed by atoms with Gasteiger partial charge in [0.25, 0.3) is 0 Å². The molecule has 0 spiro atoms. The number of halogens is 6. The van der Waals surface area contributed by atoms with Gasteiger partial charge in [0.15, 0.2) is 0 Å². The van der Waals surface area contributed by atoms with E-state index in [0.29, 0.717) is 0 Å². The average Bonchev–Trinajstić information content (AvgIpc) is 1.76. The van der Waals surface area contributed by atoms with Crippen LogP contribution in [0.15, 0.2) is 0 Å². The van der Waals surface area contributed by atoms with E-state index >= 15 is 0 Å². The smallest absolute Gasteiger partial charge is 0.158 e. The van der Waals surface area contributed by atoms with Gasteiger partial charge in [0.1, 0.15) is 24.1 Å². The fraction of sp³-hybridized carbons (Fsp3) is 1.00. The van der Waals surface area contributed by atoms with Crippen LogP contribution in [0.3, 0.4) is 0 Å². The minimum Gasteiger partial charge on any atom is -0.158 e. The van der Waals surface area contributed by atoms with E-state index in [9.17, 15) is 26.3 Å². The van der Waals surface area contributed by atoms with E-state index < -0.39 is 35.1 Å². The Morgan fingerprint density at radius 2 is 0.917 bits per heavy atom. The molecule has 0 aliphatic heterocycles. The molecule has 0 aliphatic rings. The van der Waals surface area contributed by atoms with Gasteiger partial charge in [-0.15, -0.1) is 8.67 Å². The summed E-state index contributed by atoms with van der Waals surface area (Å²) in [5, 5.41) is 0. The highest BCUT2D eigenvalue weighted by atomic mass is 32.2. The molecule has 0 aromatic rings. The molecule has 0 unspecified atom stereocenters. The van der Waals surface area contributed by atoms with Crippen molar-refractivity contribution in [3.8, 4) is 0 Å². The Morgan fingerprint density at radius 3 is 1.08 bits per heavy atom. The molecule has 0 aromatic heterocycles. The fourth-order valence-electron chi connectivity index (χ4n) is 0.105. The van der Waals surface area contributed by atoms with Gasteiger partial charge < -0.3 is 0 Å². The third-order valence-corrected chi connectivity index (χ3v) is 1.02. The molecule has 0 fully saturated rings. The van der Waals surface area contributed by atoms with Gasteiger partial charge in [-0.2, -0.15) is 26.3 Å². The highest BCUT2D eigenvalue weighted by Crippen LogP contribution is 2.36. The zero-order valence-electron chi connectivity index (χ0n) is 4.90. The maximum Gasteiger partial charge on any atom is 0.471 e. The molecule has 0 bridgehead atoms. The second-order valence-corrected chi connectivity index (χ2v) is 2.73. The number of hydrogen-bond acceptors (Lipinski definition) is 4. The topological polar surface area (TPSA) is 18.5 Å². The molecule has 0 rings (SSSR count). The summed E-state index contributed by atoms with van der Waals surface area (Å²) >= 11 is -2.34. The number of rotatable bonds is 3. The lowest BCUT2D eigenvalue weighted by Crippen LogP contribution is -2.03. The van der Waals surface area contributed by atoms with E-state index in [1.54, 1.807) is 0 Å². The molecular formula is C2F6O2S2. The summed E-state index contributed by atoms with van der Waals surface area (Å²) in [6.07, 6.45) is 0. The van der Waals surface area contributed by atoms with E-state index in [2.05, 4.69) is 8.67 Å². The van der Waals surface area contributed by atoms with Crippen molar-refractivity contribution < 1.29 is 35.0 Å². The maximum absolute atomic E-state index is 11.1. The first-order valence-electron chi connectivity index (χ1n) is 2.04. The summed E-state index contributed by atoms with van der Waals surface area (Å²) in [6.45, 7) is 0. The van der Waals surface area contributed by atoms with Crippen LogP contribution in [0, 0.1) is 0 Å². The first-order chi connectivity index (χ1) is 5.21. The van der Waals surface area contributed by atoms with Crippen molar-refractivity contribution in [3.05, 3.63) is 0 Å². The molecule has 0 heterocycles. The van der Waals surface area contributed by atoms with Gasteiger partial charge in [-0.3, -0.25) is 0 Å². The lowest BCUT2D eigenvalue weighted by Gasteiger charge is -2.04. The Balaban J connectivity index is 3.35. The van der Waals surface area contributed by atoms with Crippen molar-refractivity contribution in [1.82, 2.24) is 0 Å². The van der Waals surface area contributed by atoms with E-state index in [-0.39, 0.29) is 0 Å². The number of hydrogen-bond donors (Lipinski definition) is 0. The summed E-state index contributed by atoms with van der Waals surface area (Å²) < 4.78 is 73.1. The predicted molar refractivity (Wildman–Crippen MR) is 29.5 cm³/mol. The maximum atomic E-state index is 11.1. The molecule has 0 N–H and O–H groups in total.